The van der Waals surface area contributed by atoms with Crippen molar-refractivity contribution in [3.05, 3.63) is 95.2 Å². The number of Topliss-reactive ketones (excluding diaryl/α,β-unsaturated/α-hetero) is 1. The number of ketones is 1. The van der Waals surface area contributed by atoms with Gasteiger partial charge in [-0.3, -0.25) is 14.6 Å². The number of carbonyl (C=O) groups excluding carboxylic acids is 2. The average molecular weight is 596 g/mol. The van der Waals surface area contributed by atoms with Gasteiger partial charge in [0.15, 0.2) is 5.78 Å². The normalized spacial score (nSPS) is 18.7. The first-order valence-corrected chi connectivity index (χ1v) is 14.7. The molecule has 4 aromatic rings. The molecule has 2 aromatic carbocycles. The number of amides is 1. The number of aliphatic hydroxyl groups is 1. The summed E-state index contributed by atoms with van der Waals surface area (Å²) in [6, 6.07) is 16.6. The van der Waals surface area contributed by atoms with E-state index in [0.29, 0.717) is 28.1 Å². The molecule has 2 atom stereocenters. The number of benzene rings is 2. The van der Waals surface area contributed by atoms with E-state index < -0.39 is 22.7 Å². The van der Waals surface area contributed by atoms with Gasteiger partial charge in [-0.05, 0) is 106 Å². The van der Waals surface area contributed by atoms with Crippen molar-refractivity contribution in [2.24, 2.45) is 5.73 Å². The summed E-state index contributed by atoms with van der Waals surface area (Å²) in [5, 5.41) is 11.7. The minimum Gasteiger partial charge on any atom is -0.490 e. The largest absolute Gasteiger partial charge is 0.490 e. The second-order valence-electron chi connectivity index (χ2n) is 12.1. The molecule has 44 heavy (non-hydrogen) atoms. The molecule has 8 nitrogen and oxygen atoms in total. The number of pyridine rings is 2. The fourth-order valence-electron chi connectivity index (χ4n) is 5.41. The standard InChI is InChI=1S/C35H34FN3O5/c1-20-16-22(13-15-38-20)26-17-23(6-11-29(26)44-25-9-10-25)28(40)12-14-35(3,42)30-18-27-32(43-19-34(27,2)33(37)41)31(39-30)21-4-7-24(36)8-5-21/h4-8,11,13,15-18,25,42H,9-10,12,14,19H2,1-3H3,(H2,37,41)/t34-,35-/m0/s1. The molecule has 226 valence electrons. The predicted octanol–water partition coefficient (Wildman–Crippen LogP) is 5.81. The van der Waals surface area contributed by atoms with Crippen molar-refractivity contribution < 1.29 is 28.6 Å². The molecule has 0 saturated heterocycles. The van der Waals surface area contributed by atoms with Gasteiger partial charge in [0.05, 0.1) is 11.8 Å². The number of primary amides is 1. The quantitative estimate of drug-likeness (QED) is 0.222. The number of nitrogens with zero attached hydrogens (tertiary/aromatic N) is 2. The van der Waals surface area contributed by atoms with Crippen molar-refractivity contribution in [2.45, 2.75) is 63.6 Å². The summed E-state index contributed by atoms with van der Waals surface area (Å²) < 4.78 is 25.8. The van der Waals surface area contributed by atoms with Crippen LogP contribution >= 0.6 is 0 Å². The van der Waals surface area contributed by atoms with E-state index in [-0.39, 0.29) is 37.0 Å². The van der Waals surface area contributed by atoms with Crippen LogP contribution in [-0.4, -0.2) is 39.5 Å². The zero-order valence-electron chi connectivity index (χ0n) is 24.9. The maximum Gasteiger partial charge on any atom is 0.231 e. The monoisotopic (exact) mass is 595 g/mol. The van der Waals surface area contributed by atoms with Gasteiger partial charge in [0.1, 0.15) is 40.6 Å². The summed E-state index contributed by atoms with van der Waals surface area (Å²) in [6.45, 7) is 5.18. The van der Waals surface area contributed by atoms with Crippen LogP contribution in [0.5, 0.6) is 11.5 Å². The third kappa shape index (κ3) is 5.67. The number of aryl methyl sites for hydroxylation is 1. The highest BCUT2D eigenvalue weighted by Gasteiger charge is 2.45. The molecule has 3 N–H and O–H groups in total. The lowest BCUT2D eigenvalue weighted by Gasteiger charge is -2.26. The Kier molecular flexibility index (Phi) is 7.45. The fourth-order valence-corrected chi connectivity index (χ4v) is 5.41. The molecule has 0 unspecified atom stereocenters. The van der Waals surface area contributed by atoms with Crippen LogP contribution in [0.25, 0.3) is 22.4 Å². The first-order valence-electron chi connectivity index (χ1n) is 14.7. The molecule has 2 aliphatic rings. The molecular weight excluding hydrogens is 561 g/mol. The number of hydrogen-bond donors (Lipinski definition) is 2. The average Bonchev–Trinajstić information content (AvgIpc) is 3.76. The van der Waals surface area contributed by atoms with Crippen molar-refractivity contribution in [3.63, 3.8) is 0 Å². The van der Waals surface area contributed by atoms with E-state index in [2.05, 4.69) is 4.98 Å². The number of hydrogen-bond acceptors (Lipinski definition) is 7. The van der Waals surface area contributed by atoms with Gasteiger partial charge in [-0.2, -0.15) is 0 Å². The Morgan fingerprint density at radius 2 is 1.86 bits per heavy atom. The number of halogens is 1. The van der Waals surface area contributed by atoms with Gasteiger partial charge >= 0.3 is 0 Å². The number of nitrogens with two attached hydrogens (primary N) is 1. The summed E-state index contributed by atoms with van der Waals surface area (Å²) in [6.07, 6.45) is 4.02. The Balaban J connectivity index is 1.30. The lowest BCUT2D eigenvalue weighted by molar-refractivity contribution is -0.123. The minimum atomic E-state index is -1.55. The van der Waals surface area contributed by atoms with Crippen molar-refractivity contribution in [1.82, 2.24) is 9.97 Å². The van der Waals surface area contributed by atoms with Crippen molar-refractivity contribution in [3.8, 4) is 33.9 Å². The van der Waals surface area contributed by atoms with Crippen LogP contribution in [0.1, 0.15) is 66.8 Å². The fraction of sp³-hybridized carbons (Fsp3) is 0.314. The van der Waals surface area contributed by atoms with Crippen LogP contribution in [-0.2, 0) is 15.8 Å². The third-order valence-electron chi connectivity index (χ3n) is 8.45. The van der Waals surface area contributed by atoms with Gasteiger partial charge in [0.2, 0.25) is 5.91 Å². The van der Waals surface area contributed by atoms with E-state index >= 15 is 0 Å². The van der Waals surface area contributed by atoms with Crippen molar-refractivity contribution in [2.75, 3.05) is 6.61 Å². The number of fused-ring (bicyclic) bond motifs is 1. The maximum absolute atomic E-state index is 13.7. The Morgan fingerprint density at radius 1 is 1.11 bits per heavy atom. The molecule has 0 bridgehead atoms. The minimum absolute atomic E-state index is 0.0113. The van der Waals surface area contributed by atoms with Crippen LogP contribution in [0.15, 0.2) is 66.9 Å². The Morgan fingerprint density at radius 3 is 2.55 bits per heavy atom. The maximum atomic E-state index is 13.7. The zero-order valence-corrected chi connectivity index (χ0v) is 24.9. The lowest BCUT2D eigenvalue weighted by atomic mass is 9.81. The molecule has 1 aliphatic heterocycles. The van der Waals surface area contributed by atoms with Gasteiger partial charge in [-0.25, -0.2) is 9.37 Å². The molecule has 1 fully saturated rings. The summed E-state index contributed by atoms with van der Waals surface area (Å²) in [7, 11) is 0. The highest BCUT2D eigenvalue weighted by molar-refractivity contribution is 5.98. The predicted molar refractivity (Wildman–Crippen MR) is 163 cm³/mol. The Bertz CT molecular complexity index is 1770. The molecule has 1 amide bonds. The van der Waals surface area contributed by atoms with Gasteiger partial charge in [0.25, 0.3) is 0 Å². The molecule has 9 heteroatoms. The summed E-state index contributed by atoms with van der Waals surface area (Å²) in [4.78, 5) is 35.0. The van der Waals surface area contributed by atoms with Crippen molar-refractivity contribution in [1.29, 1.82) is 0 Å². The zero-order chi connectivity index (χ0) is 31.2. The Hall–Kier alpha value is -4.63. The molecule has 3 heterocycles. The summed E-state index contributed by atoms with van der Waals surface area (Å²) in [5.74, 6) is -0.0645. The summed E-state index contributed by atoms with van der Waals surface area (Å²) >= 11 is 0. The molecule has 0 radical (unpaired) electrons. The highest BCUT2D eigenvalue weighted by atomic mass is 19.1. The highest BCUT2D eigenvalue weighted by Crippen LogP contribution is 2.46. The smallest absolute Gasteiger partial charge is 0.231 e. The van der Waals surface area contributed by atoms with Gasteiger partial charge < -0.3 is 20.3 Å². The lowest BCUT2D eigenvalue weighted by Crippen LogP contribution is -2.40. The van der Waals surface area contributed by atoms with Crippen LogP contribution < -0.4 is 15.2 Å². The summed E-state index contributed by atoms with van der Waals surface area (Å²) in [5.41, 5.74) is 7.79. The molecular formula is C35H34FN3O5. The number of carbonyl (C=O) groups is 2. The van der Waals surface area contributed by atoms with Gasteiger partial charge in [-0.15, -0.1) is 0 Å². The van der Waals surface area contributed by atoms with Crippen LogP contribution in [0.3, 0.4) is 0 Å². The van der Waals surface area contributed by atoms with Crippen LogP contribution in [0, 0.1) is 12.7 Å². The first-order chi connectivity index (χ1) is 20.9. The number of ether oxygens (including phenoxy) is 2. The van der Waals surface area contributed by atoms with E-state index in [0.717, 1.165) is 35.4 Å². The van der Waals surface area contributed by atoms with E-state index in [1.54, 1.807) is 44.3 Å². The number of aromatic nitrogens is 2. The SMILES string of the molecule is Cc1cc(-c2cc(C(=O)CC[C@](C)(O)c3cc4c(c(-c5ccc(F)cc5)n3)OC[C@]4(C)C(N)=O)ccc2OC2CC2)ccn1. The van der Waals surface area contributed by atoms with Gasteiger partial charge in [0, 0.05) is 40.6 Å². The van der Waals surface area contributed by atoms with Crippen LogP contribution in [0.4, 0.5) is 4.39 Å². The third-order valence-corrected chi connectivity index (χ3v) is 8.45. The topological polar surface area (TPSA) is 125 Å². The second kappa shape index (κ2) is 11.1. The molecule has 2 aromatic heterocycles. The van der Waals surface area contributed by atoms with E-state index in [9.17, 15) is 19.1 Å². The van der Waals surface area contributed by atoms with E-state index in [1.165, 1.54) is 12.1 Å². The first kappa shape index (κ1) is 29.4. The number of rotatable bonds is 10. The molecule has 1 aliphatic carbocycles. The van der Waals surface area contributed by atoms with Crippen molar-refractivity contribution >= 4 is 11.7 Å². The van der Waals surface area contributed by atoms with Gasteiger partial charge in [-0.1, -0.05) is 0 Å². The second-order valence-corrected chi connectivity index (χ2v) is 12.1. The molecule has 1 saturated carbocycles. The molecule has 6 rings (SSSR count). The molecule has 0 spiro atoms. The Labute approximate surface area is 255 Å². The van der Waals surface area contributed by atoms with Crippen LogP contribution in [0.2, 0.25) is 0 Å². The van der Waals surface area contributed by atoms with E-state index in [1.807, 2.05) is 31.2 Å². The van der Waals surface area contributed by atoms with E-state index in [4.69, 9.17) is 20.2 Å².